The third kappa shape index (κ3) is 4.63. The summed E-state index contributed by atoms with van der Waals surface area (Å²) in [5, 5.41) is 11.8. The number of hydrogen-bond acceptors (Lipinski definition) is 4. The van der Waals surface area contributed by atoms with Crippen LogP contribution in [0.25, 0.3) is 22.0 Å². The van der Waals surface area contributed by atoms with Crippen LogP contribution in [0.15, 0.2) is 67.3 Å². The largest absolute Gasteiger partial charge is 0.496 e. The Bertz CT molecular complexity index is 1250. The molecular weight excluding hydrogens is 443 g/mol. The van der Waals surface area contributed by atoms with Gasteiger partial charge in [-0.2, -0.15) is 13.2 Å². The highest BCUT2D eigenvalue weighted by molar-refractivity contribution is 5.79. The van der Waals surface area contributed by atoms with Crippen LogP contribution in [0.3, 0.4) is 0 Å². The van der Waals surface area contributed by atoms with Crippen molar-refractivity contribution in [3.63, 3.8) is 0 Å². The number of alkyl halides is 3. The van der Waals surface area contributed by atoms with E-state index in [1.165, 1.54) is 7.11 Å². The average Bonchev–Trinajstić information content (AvgIpc) is 3.20. The number of benzene rings is 1. The molecule has 0 fully saturated rings. The summed E-state index contributed by atoms with van der Waals surface area (Å²) in [5.41, 5.74) is -0.945. The first-order chi connectivity index (χ1) is 16.0. The lowest BCUT2D eigenvalue weighted by Crippen LogP contribution is -2.51. The van der Waals surface area contributed by atoms with Gasteiger partial charge in [-0.1, -0.05) is 26.0 Å². The Hall–Kier alpha value is -3.39. The van der Waals surface area contributed by atoms with Gasteiger partial charge in [0.1, 0.15) is 5.75 Å². The van der Waals surface area contributed by atoms with Gasteiger partial charge in [-0.15, -0.1) is 0 Å². The van der Waals surface area contributed by atoms with Gasteiger partial charge in [-0.3, -0.25) is 9.97 Å². The summed E-state index contributed by atoms with van der Waals surface area (Å²) in [4.78, 5) is 11.1. The highest BCUT2D eigenvalue weighted by Gasteiger charge is 2.56. The van der Waals surface area contributed by atoms with E-state index in [0.29, 0.717) is 16.8 Å². The van der Waals surface area contributed by atoms with Crippen LogP contribution < -0.4 is 4.74 Å². The second kappa shape index (κ2) is 8.76. The Kier molecular flexibility index (Phi) is 6.12. The molecule has 0 spiro atoms. The van der Waals surface area contributed by atoms with Crippen LogP contribution in [0.5, 0.6) is 5.75 Å². The van der Waals surface area contributed by atoms with E-state index in [4.69, 9.17) is 4.74 Å². The molecule has 4 aromatic rings. The predicted octanol–water partition coefficient (Wildman–Crippen LogP) is 5.84. The molecule has 8 heteroatoms. The number of pyridine rings is 2. The van der Waals surface area contributed by atoms with Crippen molar-refractivity contribution in [3.8, 4) is 16.9 Å². The van der Waals surface area contributed by atoms with Gasteiger partial charge in [0.2, 0.25) is 0 Å². The number of rotatable bonds is 7. The normalized spacial score (nSPS) is 14.2. The molecule has 1 aromatic carbocycles. The van der Waals surface area contributed by atoms with Crippen molar-refractivity contribution < 1.29 is 23.0 Å². The third-order valence-electron chi connectivity index (χ3n) is 6.15. The Balaban J connectivity index is 1.72. The van der Waals surface area contributed by atoms with Crippen LogP contribution in [0, 0.1) is 0 Å². The quantitative estimate of drug-likeness (QED) is 0.357. The van der Waals surface area contributed by atoms with Crippen LogP contribution in [-0.2, 0) is 11.8 Å². The molecule has 0 saturated carbocycles. The van der Waals surface area contributed by atoms with Crippen LogP contribution in [0.4, 0.5) is 13.2 Å². The number of fused-ring (bicyclic) bond motifs is 1. The number of methoxy groups -OCH3 is 1. The van der Waals surface area contributed by atoms with Gasteiger partial charge >= 0.3 is 6.18 Å². The zero-order valence-electron chi connectivity index (χ0n) is 19.1. The second-order valence-electron chi connectivity index (χ2n) is 9.18. The lowest BCUT2D eigenvalue weighted by atomic mass is 9.72. The third-order valence-corrected chi connectivity index (χ3v) is 6.15. The van der Waals surface area contributed by atoms with Gasteiger partial charge in [-0.25, -0.2) is 0 Å². The molecule has 0 bridgehead atoms. The molecule has 0 aliphatic carbocycles. The van der Waals surface area contributed by atoms with E-state index in [1.807, 2.05) is 12.1 Å². The predicted molar refractivity (Wildman–Crippen MR) is 125 cm³/mol. The van der Waals surface area contributed by atoms with E-state index in [0.717, 1.165) is 16.5 Å². The van der Waals surface area contributed by atoms with Crippen molar-refractivity contribution in [2.45, 2.75) is 43.9 Å². The molecule has 0 saturated heterocycles. The minimum atomic E-state index is -4.85. The number of halogens is 3. The Morgan fingerprint density at radius 3 is 2.38 bits per heavy atom. The first-order valence-electron chi connectivity index (χ1n) is 10.8. The minimum absolute atomic E-state index is 0.287. The van der Waals surface area contributed by atoms with Gasteiger partial charge in [0.05, 0.1) is 18.8 Å². The first-order valence-corrected chi connectivity index (χ1v) is 10.8. The summed E-state index contributed by atoms with van der Waals surface area (Å²) in [6.07, 6.45) is 0.429. The monoisotopic (exact) mass is 469 g/mol. The van der Waals surface area contributed by atoms with Gasteiger partial charge in [0.15, 0.2) is 5.60 Å². The number of aromatic nitrogens is 3. The standard InChI is InChI=1S/C26H26F3N3O2/c1-24(2,21-12-17(6-7-23(21)34-3)19-5-4-9-30-14-19)16-25(33,26(27,28)29)13-20-11-18-8-10-31-15-22(18)32-20/h4-12,14-15,32-33H,13,16H2,1-3H3. The van der Waals surface area contributed by atoms with Crippen molar-refractivity contribution in [1.82, 2.24) is 15.0 Å². The lowest BCUT2D eigenvalue weighted by molar-refractivity contribution is -0.266. The molecule has 0 aliphatic rings. The minimum Gasteiger partial charge on any atom is -0.496 e. The fraction of sp³-hybridized carbons (Fsp3) is 0.308. The number of aromatic amines is 1. The topological polar surface area (TPSA) is 71.0 Å². The molecule has 0 radical (unpaired) electrons. The average molecular weight is 470 g/mol. The Morgan fingerprint density at radius 1 is 0.971 bits per heavy atom. The lowest BCUT2D eigenvalue weighted by Gasteiger charge is -2.38. The SMILES string of the molecule is COc1ccc(-c2cccnc2)cc1C(C)(C)CC(O)(Cc1cc2ccncc2[nH]1)C(F)(F)F. The fourth-order valence-electron chi connectivity index (χ4n) is 4.48. The molecule has 178 valence electrons. The maximum absolute atomic E-state index is 14.3. The molecule has 5 nitrogen and oxygen atoms in total. The van der Waals surface area contributed by atoms with Crippen LogP contribution in [-0.4, -0.2) is 38.9 Å². The van der Waals surface area contributed by atoms with Crippen molar-refractivity contribution in [2.24, 2.45) is 0 Å². The van der Waals surface area contributed by atoms with Crippen molar-refractivity contribution in [1.29, 1.82) is 0 Å². The van der Waals surface area contributed by atoms with E-state index in [1.54, 1.807) is 69.0 Å². The molecule has 3 aromatic heterocycles. The summed E-state index contributed by atoms with van der Waals surface area (Å²) in [6.45, 7) is 3.37. The molecule has 0 amide bonds. The number of nitrogens with zero attached hydrogens (tertiary/aromatic N) is 2. The number of ether oxygens (including phenoxy) is 1. The zero-order valence-corrected chi connectivity index (χ0v) is 19.1. The van der Waals surface area contributed by atoms with Crippen molar-refractivity contribution in [3.05, 3.63) is 78.5 Å². The highest BCUT2D eigenvalue weighted by atomic mass is 19.4. The van der Waals surface area contributed by atoms with Gasteiger partial charge in [0.25, 0.3) is 0 Å². The summed E-state index contributed by atoms with van der Waals surface area (Å²) < 4.78 is 48.4. The first kappa shape index (κ1) is 23.8. The van der Waals surface area contributed by atoms with E-state index < -0.39 is 30.0 Å². The molecule has 34 heavy (non-hydrogen) atoms. The van der Waals surface area contributed by atoms with E-state index in [-0.39, 0.29) is 5.69 Å². The molecule has 3 heterocycles. The van der Waals surface area contributed by atoms with Crippen LogP contribution in [0.2, 0.25) is 0 Å². The van der Waals surface area contributed by atoms with Gasteiger partial charge in [-0.05, 0) is 47.7 Å². The van der Waals surface area contributed by atoms with Crippen LogP contribution >= 0.6 is 0 Å². The van der Waals surface area contributed by atoms with Crippen molar-refractivity contribution >= 4 is 10.9 Å². The van der Waals surface area contributed by atoms with Crippen LogP contribution in [0.1, 0.15) is 31.5 Å². The Morgan fingerprint density at radius 2 is 1.74 bits per heavy atom. The zero-order chi connectivity index (χ0) is 24.6. The molecule has 2 N–H and O–H groups in total. The summed E-state index contributed by atoms with van der Waals surface area (Å²) in [5.74, 6) is 0.457. The van der Waals surface area contributed by atoms with E-state index in [2.05, 4.69) is 15.0 Å². The highest BCUT2D eigenvalue weighted by Crippen LogP contribution is 2.45. The second-order valence-corrected chi connectivity index (χ2v) is 9.18. The van der Waals surface area contributed by atoms with E-state index in [9.17, 15) is 18.3 Å². The maximum atomic E-state index is 14.3. The summed E-state index contributed by atoms with van der Waals surface area (Å²) in [7, 11) is 1.48. The van der Waals surface area contributed by atoms with Gasteiger partial charge < -0.3 is 14.8 Å². The number of nitrogens with one attached hydrogen (secondary N) is 1. The smallest absolute Gasteiger partial charge is 0.417 e. The number of aliphatic hydroxyl groups is 1. The Labute approximate surface area is 195 Å². The fourth-order valence-corrected chi connectivity index (χ4v) is 4.48. The summed E-state index contributed by atoms with van der Waals surface area (Å²) >= 11 is 0. The molecular formula is C26H26F3N3O2. The molecule has 0 aliphatic heterocycles. The number of H-pyrrole nitrogens is 1. The van der Waals surface area contributed by atoms with E-state index >= 15 is 0 Å². The number of hydrogen-bond donors (Lipinski definition) is 2. The van der Waals surface area contributed by atoms with Gasteiger partial charge in [0, 0.05) is 47.2 Å². The molecule has 1 atom stereocenters. The summed E-state index contributed by atoms with van der Waals surface area (Å²) in [6, 6.07) is 12.4. The molecule has 4 rings (SSSR count). The van der Waals surface area contributed by atoms with Crippen molar-refractivity contribution in [2.75, 3.05) is 7.11 Å². The molecule has 1 unspecified atom stereocenters. The maximum Gasteiger partial charge on any atom is 0.417 e.